The number of unbranched alkanes of at least 4 members (excludes halogenated alkanes) is 2. The number of aryl methyl sites for hydroxylation is 1. The number of aromatic nitrogens is 1. The Hall–Kier alpha value is -5.02. The van der Waals surface area contributed by atoms with Gasteiger partial charge in [0.2, 0.25) is 0 Å². The zero-order valence-corrected chi connectivity index (χ0v) is 24.5. The molecule has 43 heavy (non-hydrogen) atoms. The van der Waals surface area contributed by atoms with E-state index in [0.29, 0.717) is 0 Å². The monoisotopic (exact) mass is 558 g/mol. The van der Waals surface area contributed by atoms with Crippen molar-refractivity contribution in [3.8, 4) is 22.4 Å². The van der Waals surface area contributed by atoms with Crippen LogP contribution in [-0.2, 0) is 6.42 Å². The summed E-state index contributed by atoms with van der Waals surface area (Å²) in [6.07, 6.45) is 13.9. The number of fused-ring (bicyclic) bond motifs is 6. The van der Waals surface area contributed by atoms with Gasteiger partial charge in [0.15, 0.2) is 0 Å². The third kappa shape index (κ3) is 5.23. The lowest BCUT2D eigenvalue weighted by Crippen LogP contribution is -2.07. The Morgan fingerprint density at radius 2 is 1.65 bits per heavy atom. The molecule has 1 aliphatic rings. The molecule has 210 valence electrons. The van der Waals surface area contributed by atoms with Crippen LogP contribution in [0.2, 0.25) is 0 Å². The van der Waals surface area contributed by atoms with Crippen molar-refractivity contribution in [3.63, 3.8) is 0 Å². The normalized spacial score (nSPS) is 13.4. The molecular weight excluding hydrogens is 524 g/mol. The number of nitrogens with zero attached hydrogens (tertiary/aromatic N) is 2. The third-order valence-electron chi connectivity index (χ3n) is 8.33. The van der Waals surface area contributed by atoms with E-state index in [1.54, 1.807) is 0 Å². The number of para-hydroxylation sites is 2. The Labute approximate surface area is 252 Å². The Kier molecular flexibility index (Phi) is 7.30. The topological polar surface area (TPSA) is 38.4 Å². The molecule has 0 radical (unpaired) electrons. The summed E-state index contributed by atoms with van der Waals surface area (Å²) in [5.41, 5.74) is 11.2. The van der Waals surface area contributed by atoms with Gasteiger partial charge in [-0.25, -0.2) is 4.98 Å². The largest absolute Gasteiger partial charge is 0.455 e. The summed E-state index contributed by atoms with van der Waals surface area (Å²) >= 11 is 0. The maximum Gasteiger partial charge on any atom is 0.143 e. The fourth-order valence-electron chi connectivity index (χ4n) is 5.94. The number of rotatable bonds is 8. The molecule has 0 unspecified atom stereocenters. The molecule has 0 amide bonds. The minimum absolute atomic E-state index is 0.889. The van der Waals surface area contributed by atoms with E-state index in [1.165, 1.54) is 18.4 Å². The molecule has 0 saturated carbocycles. The molecule has 0 fully saturated rings. The molecule has 0 bridgehead atoms. The van der Waals surface area contributed by atoms with Gasteiger partial charge in [-0.15, -0.1) is 0 Å². The van der Waals surface area contributed by atoms with Gasteiger partial charge >= 0.3 is 0 Å². The summed E-state index contributed by atoms with van der Waals surface area (Å²) in [5.74, 6) is 0. The molecule has 7 rings (SSSR count). The molecule has 3 heteroatoms. The fourth-order valence-corrected chi connectivity index (χ4v) is 5.94. The minimum atomic E-state index is 0.889. The van der Waals surface area contributed by atoms with Crippen molar-refractivity contribution in [2.45, 2.75) is 39.0 Å². The van der Waals surface area contributed by atoms with Crippen LogP contribution in [0.4, 0.5) is 5.69 Å². The fraction of sp³-hybridized carbons (Fsp3) is 0.150. The minimum Gasteiger partial charge on any atom is -0.455 e. The van der Waals surface area contributed by atoms with Crippen LogP contribution < -0.4 is 0 Å². The Bertz CT molecular complexity index is 2070. The molecule has 2 aromatic heterocycles. The lowest BCUT2D eigenvalue weighted by atomic mass is 9.95. The van der Waals surface area contributed by atoms with Crippen molar-refractivity contribution < 1.29 is 4.42 Å². The van der Waals surface area contributed by atoms with E-state index >= 15 is 0 Å². The quantitative estimate of drug-likeness (QED) is 0.138. The summed E-state index contributed by atoms with van der Waals surface area (Å²) in [4.78, 5) is 10.3. The highest BCUT2D eigenvalue weighted by Crippen LogP contribution is 2.38. The Balaban J connectivity index is 1.19. The molecule has 0 spiro atoms. The maximum absolute atomic E-state index is 6.28. The SMILES string of the molecule is C=C(/C=C\C=C/CCCC)C1=Nc2c(ccc3ccc(-c4ccc(-c5cccc6c5oc5ccccc56)cc4)nc23)CC1. The van der Waals surface area contributed by atoms with Gasteiger partial charge in [-0.05, 0) is 48.1 Å². The van der Waals surface area contributed by atoms with E-state index in [0.717, 1.165) is 91.5 Å². The summed E-state index contributed by atoms with van der Waals surface area (Å²) in [7, 11) is 0. The third-order valence-corrected chi connectivity index (χ3v) is 8.33. The molecule has 4 aromatic carbocycles. The van der Waals surface area contributed by atoms with Gasteiger partial charge in [0, 0.05) is 33.0 Å². The van der Waals surface area contributed by atoms with Crippen LogP contribution in [0.25, 0.3) is 55.2 Å². The van der Waals surface area contributed by atoms with Crippen molar-refractivity contribution in [1.82, 2.24) is 4.98 Å². The van der Waals surface area contributed by atoms with Crippen molar-refractivity contribution in [3.05, 3.63) is 133 Å². The molecule has 3 nitrogen and oxygen atoms in total. The Morgan fingerprint density at radius 3 is 2.53 bits per heavy atom. The van der Waals surface area contributed by atoms with Crippen molar-refractivity contribution in [2.24, 2.45) is 4.99 Å². The van der Waals surface area contributed by atoms with Crippen LogP contribution in [-0.4, -0.2) is 10.7 Å². The summed E-state index contributed by atoms with van der Waals surface area (Å²) < 4.78 is 6.28. The highest BCUT2D eigenvalue weighted by atomic mass is 16.3. The van der Waals surface area contributed by atoms with Gasteiger partial charge in [0.05, 0.1) is 16.9 Å². The highest BCUT2D eigenvalue weighted by Gasteiger charge is 2.17. The number of furan rings is 1. The molecule has 0 saturated heterocycles. The van der Waals surface area contributed by atoms with E-state index in [2.05, 4.69) is 117 Å². The van der Waals surface area contributed by atoms with Crippen LogP contribution >= 0.6 is 0 Å². The smallest absolute Gasteiger partial charge is 0.143 e. The summed E-state index contributed by atoms with van der Waals surface area (Å²) in [5, 5.41) is 3.38. The number of hydrogen-bond acceptors (Lipinski definition) is 3. The van der Waals surface area contributed by atoms with E-state index in [-0.39, 0.29) is 0 Å². The van der Waals surface area contributed by atoms with Crippen molar-refractivity contribution in [1.29, 1.82) is 0 Å². The predicted molar refractivity (Wildman–Crippen MR) is 182 cm³/mol. The van der Waals surface area contributed by atoms with Crippen molar-refractivity contribution in [2.75, 3.05) is 0 Å². The lowest BCUT2D eigenvalue weighted by Gasteiger charge is -2.17. The molecule has 0 N–H and O–H groups in total. The van der Waals surface area contributed by atoms with Gasteiger partial charge in [0.1, 0.15) is 11.2 Å². The zero-order chi connectivity index (χ0) is 29.2. The molecule has 0 aliphatic carbocycles. The standard InChI is InChI=1S/C40H34N2O/c1-3-4-5-6-7-8-12-27(2)35-25-23-30-21-22-31-24-26-36(42-39(31)38(30)41-35)29-19-17-28(18-20-29)32-14-11-15-34-33-13-9-10-16-37(33)43-40(32)34/h6-22,24,26H,2-5,23,25H2,1H3/b7-6-,12-8-. The van der Waals surface area contributed by atoms with Crippen LogP contribution in [0, 0.1) is 0 Å². The molecule has 1 aliphatic heterocycles. The van der Waals surface area contributed by atoms with Gasteiger partial charge in [-0.2, -0.15) is 0 Å². The number of pyridine rings is 1. The molecule has 6 aromatic rings. The second kappa shape index (κ2) is 11.7. The lowest BCUT2D eigenvalue weighted by molar-refractivity contribution is 0.670. The van der Waals surface area contributed by atoms with E-state index in [9.17, 15) is 0 Å². The first kappa shape index (κ1) is 26.9. The number of benzene rings is 4. The average Bonchev–Trinajstić information content (AvgIpc) is 3.45. The van der Waals surface area contributed by atoms with Crippen LogP contribution in [0.5, 0.6) is 0 Å². The van der Waals surface area contributed by atoms with Crippen LogP contribution in [0.15, 0.2) is 137 Å². The van der Waals surface area contributed by atoms with E-state index in [1.807, 2.05) is 12.1 Å². The number of hydrogen-bond donors (Lipinski definition) is 0. The van der Waals surface area contributed by atoms with Crippen LogP contribution in [0.3, 0.4) is 0 Å². The second-order valence-electron chi connectivity index (χ2n) is 11.2. The van der Waals surface area contributed by atoms with E-state index in [4.69, 9.17) is 14.4 Å². The van der Waals surface area contributed by atoms with Crippen molar-refractivity contribution >= 4 is 44.2 Å². The maximum atomic E-state index is 6.28. The molecule has 0 atom stereocenters. The second-order valence-corrected chi connectivity index (χ2v) is 11.2. The summed E-state index contributed by atoms with van der Waals surface area (Å²) in [6, 6.07) is 31.8. The van der Waals surface area contributed by atoms with Gasteiger partial charge in [-0.3, -0.25) is 4.99 Å². The van der Waals surface area contributed by atoms with E-state index < -0.39 is 0 Å². The Morgan fingerprint density at radius 1 is 0.837 bits per heavy atom. The first-order valence-electron chi connectivity index (χ1n) is 15.2. The molecule has 3 heterocycles. The molecular formula is C40H34N2O. The number of aliphatic imine (C=N–C) groups is 1. The zero-order valence-electron chi connectivity index (χ0n) is 24.5. The average molecular weight is 559 g/mol. The van der Waals surface area contributed by atoms with Crippen LogP contribution in [0.1, 0.15) is 38.2 Å². The van der Waals surface area contributed by atoms with Gasteiger partial charge in [0.25, 0.3) is 0 Å². The number of allylic oxidation sites excluding steroid dienone is 5. The predicted octanol–water partition coefficient (Wildman–Crippen LogP) is 11.3. The van der Waals surface area contributed by atoms with Gasteiger partial charge < -0.3 is 4.42 Å². The highest BCUT2D eigenvalue weighted by molar-refractivity contribution is 6.10. The van der Waals surface area contributed by atoms with Gasteiger partial charge in [-0.1, -0.05) is 130 Å². The first-order chi connectivity index (χ1) is 21.2. The first-order valence-corrected chi connectivity index (χ1v) is 15.2. The summed E-state index contributed by atoms with van der Waals surface area (Å²) in [6.45, 7) is 6.53.